The molecule has 0 bridgehead atoms. The summed E-state index contributed by atoms with van der Waals surface area (Å²) in [6.07, 6.45) is 2.78. The first-order chi connectivity index (χ1) is 8.76. The third kappa shape index (κ3) is 2.82. The van der Waals surface area contributed by atoms with Gasteiger partial charge in [0.1, 0.15) is 6.04 Å². The maximum Gasteiger partial charge on any atom is 0.323 e. The Kier molecular flexibility index (Phi) is 4.56. The fraction of sp³-hybridized carbons (Fsp3) is 0.846. The van der Waals surface area contributed by atoms with Crippen molar-refractivity contribution < 1.29 is 9.53 Å². The summed E-state index contributed by atoms with van der Waals surface area (Å²) in [6, 6.07) is 2.37. The van der Waals surface area contributed by atoms with E-state index in [1.807, 2.05) is 0 Å². The molecule has 0 aliphatic carbocycles. The molecule has 0 aromatic rings. The zero-order valence-electron chi connectivity index (χ0n) is 11.0. The fourth-order valence-corrected chi connectivity index (χ4v) is 2.78. The van der Waals surface area contributed by atoms with E-state index >= 15 is 0 Å². The van der Waals surface area contributed by atoms with E-state index in [4.69, 9.17) is 10.00 Å². The van der Waals surface area contributed by atoms with Crippen LogP contribution in [0, 0.1) is 11.3 Å². The number of hydrogen-bond acceptors (Lipinski definition) is 5. The Labute approximate surface area is 108 Å². The normalized spacial score (nSPS) is 27.8. The standard InChI is InChI=1S/C13H21N3O2/c1-2-3-11(10-14)15-5-7-16(8-6-15)12-4-9-18-13(12)17/h11-12H,2-9H2,1H3. The van der Waals surface area contributed by atoms with Crippen LogP contribution in [0.1, 0.15) is 26.2 Å². The Hall–Kier alpha value is -1.12. The molecule has 2 atom stereocenters. The first-order valence-corrected chi connectivity index (χ1v) is 6.80. The second-order valence-electron chi connectivity index (χ2n) is 4.98. The number of rotatable bonds is 4. The zero-order chi connectivity index (χ0) is 13.0. The Balaban J connectivity index is 1.84. The van der Waals surface area contributed by atoms with Gasteiger partial charge in [-0.05, 0) is 6.42 Å². The van der Waals surface area contributed by atoms with E-state index in [2.05, 4.69) is 22.8 Å². The van der Waals surface area contributed by atoms with Gasteiger partial charge in [0, 0.05) is 32.6 Å². The van der Waals surface area contributed by atoms with Gasteiger partial charge in [0.15, 0.2) is 0 Å². The van der Waals surface area contributed by atoms with Crippen molar-refractivity contribution >= 4 is 5.97 Å². The van der Waals surface area contributed by atoms with Gasteiger partial charge in [0.05, 0.1) is 18.7 Å². The van der Waals surface area contributed by atoms with Crippen molar-refractivity contribution in [3.05, 3.63) is 0 Å². The second-order valence-corrected chi connectivity index (χ2v) is 4.98. The molecular formula is C13H21N3O2. The van der Waals surface area contributed by atoms with E-state index in [1.54, 1.807) is 0 Å². The van der Waals surface area contributed by atoms with Crippen molar-refractivity contribution in [1.82, 2.24) is 9.80 Å². The van der Waals surface area contributed by atoms with Crippen LogP contribution in [0.3, 0.4) is 0 Å². The van der Waals surface area contributed by atoms with Crippen molar-refractivity contribution in [2.24, 2.45) is 0 Å². The molecule has 0 N–H and O–H groups in total. The zero-order valence-corrected chi connectivity index (χ0v) is 11.0. The van der Waals surface area contributed by atoms with Crippen molar-refractivity contribution in [2.45, 2.75) is 38.3 Å². The lowest BCUT2D eigenvalue weighted by molar-refractivity contribution is -0.142. The molecule has 0 saturated carbocycles. The van der Waals surface area contributed by atoms with Crippen molar-refractivity contribution in [2.75, 3.05) is 32.8 Å². The average Bonchev–Trinajstić information content (AvgIpc) is 2.82. The number of carbonyl (C=O) groups is 1. The number of esters is 1. The number of carbonyl (C=O) groups excluding carboxylic acids is 1. The molecule has 2 unspecified atom stereocenters. The SMILES string of the molecule is CCCC(C#N)N1CCN(C2CCOC2=O)CC1. The Morgan fingerprint density at radius 2 is 2.17 bits per heavy atom. The van der Waals surface area contributed by atoms with Crippen molar-refractivity contribution in [3.8, 4) is 6.07 Å². The van der Waals surface area contributed by atoms with Crippen LogP contribution in [0.2, 0.25) is 0 Å². The van der Waals surface area contributed by atoms with Gasteiger partial charge in [-0.1, -0.05) is 13.3 Å². The minimum atomic E-state index is -0.0751. The average molecular weight is 251 g/mol. The molecule has 0 aromatic heterocycles. The van der Waals surface area contributed by atoms with E-state index < -0.39 is 0 Å². The molecule has 0 amide bonds. The summed E-state index contributed by atoms with van der Waals surface area (Å²) in [5.41, 5.74) is 0. The number of cyclic esters (lactones) is 1. The highest BCUT2D eigenvalue weighted by Crippen LogP contribution is 2.18. The third-order valence-electron chi connectivity index (χ3n) is 3.85. The third-order valence-corrected chi connectivity index (χ3v) is 3.85. The number of piperazine rings is 1. The maximum absolute atomic E-state index is 11.5. The van der Waals surface area contributed by atoms with Crippen molar-refractivity contribution in [3.63, 3.8) is 0 Å². The van der Waals surface area contributed by atoms with Gasteiger partial charge in [-0.15, -0.1) is 0 Å². The minimum Gasteiger partial charge on any atom is -0.464 e. The van der Waals surface area contributed by atoms with Crippen LogP contribution in [0.25, 0.3) is 0 Å². The lowest BCUT2D eigenvalue weighted by Gasteiger charge is -2.38. The number of hydrogen-bond donors (Lipinski definition) is 0. The summed E-state index contributed by atoms with van der Waals surface area (Å²) in [5, 5.41) is 9.15. The summed E-state index contributed by atoms with van der Waals surface area (Å²) in [5.74, 6) is -0.0751. The van der Waals surface area contributed by atoms with Gasteiger partial charge < -0.3 is 4.74 Å². The molecule has 5 heteroatoms. The van der Waals surface area contributed by atoms with Crippen LogP contribution < -0.4 is 0 Å². The van der Waals surface area contributed by atoms with Crippen LogP contribution in [0.15, 0.2) is 0 Å². The molecule has 2 heterocycles. The minimum absolute atomic E-state index is 0.0349. The second kappa shape index (κ2) is 6.17. The van der Waals surface area contributed by atoms with Crippen LogP contribution in [0.5, 0.6) is 0 Å². The lowest BCUT2D eigenvalue weighted by atomic mass is 10.1. The quantitative estimate of drug-likeness (QED) is 0.685. The van der Waals surface area contributed by atoms with Crippen LogP contribution in [-0.2, 0) is 9.53 Å². The molecule has 0 aromatic carbocycles. The smallest absolute Gasteiger partial charge is 0.323 e. The van der Waals surface area contributed by atoms with Gasteiger partial charge in [-0.3, -0.25) is 14.6 Å². The van der Waals surface area contributed by atoms with Gasteiger partial charge in [-0.25, -0.2) is 0 Å². The summed E-state index contributed by atoms with van der Waals surface area (Å²) < 4.78 is 5.01. The van der Waals surface area contributed by atoms with E-state index in [0.29, 0.717) is 6.61 Å². The largest absolute Gasteiger partial charge is 0.464 e. The van der Waals surface area contributed by atoms with E-state index in [1.165, 1.54) is 0 Å². The van der Waals surface area contributed by atoms with Crippen LogP contribution in [-0.4, -0.2) is 60.6 Å². The first-order valence-electron chi connectivity index (χ1n) is 6.80. The Morgan fingerprint density at radius 3 is 2.67 bits per heavy atom. The molecule has 5 nitrogen and oxygen atoms in total. The summed E-state index contributed by atoms with van der Waals surface area (Å²) in [4.78, 5) is 16.0. The Morgan fingerprint density at radius 1 is 1.44 bits per heavy atom. The molecule has 2 aliphatic heterocycles. The van der Waals surface area contributed by atoms with Gasteiger partial charge >= 0.3 is 5.97 Å². The number of ether oxygens (including phenoxy) is 1. The number of nitriles is 1. The molecule has 100 valence electrons. The van der Waals surface area contributed by atoms with Crippen LogP contribution >= 0.6 is 0 Å². The first kappa shape index (κ1) is 13.3. The fourth-order valence-electron chi connectivity index (χ4n) is 2.78. The predicted molar refractivity (Wildman–Crippen MR) is 66.8 cm³/mol. The predicted octanol–water partition coefficient (Wildman–Crippen LogP) is 0.612. The molecule has 0 radical (unpaired) electrons. The van der Waals surface area contributed by atoms with Gasteiger partial charge in [0.25, 0.3) is 0 Å². The molecule has 18 heavy (non-hydrogen) atoms. The van der Waals surface area contributed by atoms with Gasteiger partial charge in [0.2, 0.25) is 0 Å². The molecule has 2 rings (SSSR count). The number of nitrogens with zero attached hydrogens (tertiary/aromatic N) is 3. The molecule has 2 saturated heterocycles. The van der Waals surface area contributed by atoms with Crippen LogP contribution in [0.4, 0.5) is 0 Å². The topological polar surface area (TPSA) is 56.6 Å². The van der Waals surface area contributed by atoms with E-state index in [9.17, 15) is 4.79 Å². The van der Waals surface area contributed by atoms with E-state index in [-0.39, 0.29) is 18.1 Å². The molecule has 2 aliphatic rings. The highest BCUT2D eigenvalue weighted by Gasteiger charge is 2.34. The molecule has 2 fully saturated rings. The highest BCUT2D eigenvalue weighted by atomic mass is 16.5. The van der Waals surface area contributed by atoms with E-state index in [0.717, 1.165) is 45.4 Å². The highest BCUT2D eigenvalue weighted by molar-refractivity contribution is 5.77. The summed E-state index contributed by atoms with van der Waals surface area (Å²) in [7, 11) is 0. The summed E-state index contributed by atoms with van der Waals surface area (Å²) in [6.45, 7) is 6.14. The van der Waals surface area contributed by atoms with Gasteiger partial charge in [-0.2, -0.15) is 5.26 Å². The maximum atomic E-state index is 11.5. The van der Waals surface area contributed by atoms with Crippen molar-refractivity contribution in [1.29, 1.82) is 5.26 Å². The lowest BCUT2D eigenvalue weighted by Crippen LogP contribution is -2.53. The molecule has 0 spiro atoms. The summed E-state index contributed by atoms with van der Waals surface area (Å²) >= 11 is 0. The Bertz CT molecular complexity index is 332. The molecular weight excluding hydrogens is 230 g/mol. The monoisotopic (exact) mass is 251 g/mol.